The number of nitrogens with one attached hydrogen (secondary N) is 1. The SMILES string of the molecule is CCCC[C@H](N)C(=O)NCC1(O)CCC(CC)CC1. The van der Waals surface area contributed by atoms with Gasteiger partial charge in [-0.3, -0.25) is 4.79 Å². The second-order valence-electron chi connectivity index (χ2n) is 6.04. The fraction of sp³-hybridized carbons (Fsp3) is 0.933. The molecule has 1 fully saturated rings. The van der Waals surface area contributed by atoms with Crippen molar-refractivity contribution >= 4 is 5.91 Å². The maximum atomic E-state index is 11.8. The van der Waals surface area contributed by atoms with Crippen molar-refractivity contribution < 1.29 is 9.90 Å². The lowest BCUT2D eigenvalue weighted by Gasteiger charge is -2.36. The number of nitrogens with two attached hydrogens (primary N) is 1. The van der Waals surface area contributed by atoms with Gasteiger partial charge in [0.05, 0.1) is 11.6 Å². The lowest BCUT2D eigenvalue weighted by Crippen LogP contribution is -2.49. The molecule has 0 bridgehead atoms. The van der Waals surface area contributed by atoms with Crippen LogP contribution in [0, 0.1) is 5.92 Å². The van der Waals surface area contributed by atoms with Crippen molar-refractivity contribution in [2.24, 2.45) is 11.7 Å². The minimum atomic E-state index is -0.716. The fourth-order valence-corrected chi connectivity index (χ4v) is 2.74. The van der Waals surface area contributed by atoms with Gasteiger partial charge in [-0.05, 0) is 38.0 Å². The maximum absolute atomic E-state index is 11.8. The van der Waals surface area contributed by atoms with E-state index in [0.29, 0.717) is 6.54 Å². The molecule has 4 heteroatoms. The predicted molar refractivity (Wildman–Crippen MR) is 77.7 cm³/mol. The van der Waals surface area contributed by atoms with Crippen LogP contribution in [-0.4, -0.2) is 29.2 Å². The van der Waals surface area contributed by atoms with Gasteiger partial charge in [0, 0.05) is 6.54 Å². The van der Waals surface area contributed by atoms with E-state index in [1.165, 1.54) is 6.42 Å². The molecule has 4 N–H and O–H groups in total. The second kappa shape index (κ2) is 7.85. The number of aliphatic hydroxyl groups is 1. The third-order valence-electron chi connectivity index (χ3n) is 4.41. The van der Waals surface area contributed by atoms with E-state index in [1.54, 1.807) is 0 Å². The quantitative estimate of drug-likeness (QED) is 0.662. The largest absolute Gasteiger partial charge is 0.388 e. The van der Waals surface area contributed by atoms with Crippen LogP contribution in [0.2, 0.25) is 0 Å². The Kier molecular flexibility index (Phi) is 6.80. The van der Waals surface area contributed by atoms with Crippen molar-refractivity contribution in [2.75, 3.05) is 6.54 Å². The molecule has 0 aromatic rings. The van der Waals surface area contributed by atoms with Gasteiger partial charge in [-0.25, -0.2) is 0 Å². The van der Waals surface area contributed by atoms with Gasteiger partial charge in [-0.1, -0.05) is 33.1 Å². The topological polar surface area (TPSA) is 75.4 Å². The Hall–Kier alpha value is -0.610. The summed E-state index contributed by atoms with van der Waals surface area (Å²) in [5.74, 6) is 0.613. The summed E-state index contributed by atoms with van der Waals surface area (Å²) in [4.78, 5) is 11.8. The predicted octanol–water partition coefficient (Wildman–Crippen LogP) is 1.95. The molecule has 1 amide bonds. The summed E-state index contributed by atoms with van der Waals surface area (Å²) in [5, 5.41) is 13.3. The van der Waals surface area contributed by atoms with Crippen molar-refractivity contribution in [2.45, 2.75) is 76.9 Å². The van der Waals surface area contributed by atoms with Gasteiger partial charge in [0.25, 0.3) is 0 Å². The zero-order valence-electron chi connectivity index (χ0n) is 12.5. The minimum Gasteiger partial charge on any atom is -0.388 e. The molecule has 0 aliphatic heterocycles. The van der Waals surface area contributed by atoms with E-state index in [9.17, 15) is 9.90 Å². The third kappa shape index (κ3) is 5.49. The molecule has 1 aliphatic carbocycles. The van der Waals surface area contributed by atoms with Gasteiger partial charge < -0.3 is 16.2 Å². The Balaban J connectivity index is 2.29. The first-order valence-electron chi connectivity index (χ1n) is 7.76. The molecule has 1 rings (SSSR count). The van der Waals surface area contributed by atoms with Crippen LogP contribution >= 0.6 is 0 Å². The number of hydrogen-bond donors (Lipinski definition) is 3. The summed E-state index contributed by atoms with van der Waals surface area (Å²) in [7, 11) is 0. The van der Waals surface area contributed by atoms with Gasteiger partial charge in [0.15, 0.2) is 0 Å². The molecular weight excluding hydrogens is 240 g/mol. The number of unbranched alkanes of at least 4 members (excludes halogenated alkanes) is 1. The standard InChI is InChI=1S/C15H30N2O2/c1-3-5-6-13(16)14(18)17-11-15(19)9-7-12(4-2)8-10-15/h12-13,19H,3-11,16H2,1-2H3,(H,17,18)/t12?,13-,15?/m0/s1. The van der Waals surface area contributed by atoms with Crippen molar-refractivity contribution in [3.05, 3.63) is 0 Å². The molecule has 0 radical (unpaired) electrons. The van der Waals surface area contributed by atoms with Crippen LogP contribution in [0.25, 0.3) is 0 Å². The molecule has 0 saturated heterocycles. The van der Waals surface area contributed by atoms with Crippen LogP contribution in [0.3, 0.4) is 0 Å². The Labute approximate surface area is 117 Å². The molecule has 4 nitrogen and oxygen atoms in total. The average molecular weight is 270 g/mol. The number of amides is 1. The van der Waals surface area contributed by atoms with Crippen molar-refractivity contribution in [1.82, 2.24) is 5.32 Å². The molecule has 1 atom stereocenters. The second-order valence-corrected chi connectivity index (χ2v) is 6.04. The molecule has 112 valence electrons. The van der Waals surface area contributed by atoms with Crippen molar-refractivity contribution in [1.29, 1.82) is 0 Å². The highest BCUT2D eigenvalue weighted by atomic mass is 16.3. The highest BCUT2D eigenvalue weighted by Gasteiger charge is 2.33. The summed E-state index contributed by atoms with van der Waals surface area (Å²) in [6, 6.07) is -0.435. The zero-order valence-corrected chi connectivity index (χ0v) is 12.5. The van der Waals surface area contributed by atoms with Gasteiger partial charge in [0.2, 0.25) is 5.91 Å². The fourth-order valence-electron chi connectivity index (χ4n) is 2.74. The molecule has 1 saturated carbocycles. The summed E-state index contributed by atoms with van der Waals surface area (Å²) in [5.41, 5.74) is 5.10. The van der Waals surface area contributed by atoms with Gasteiger partial charge in [-0.2, -0.15) is 0 Å². The monoisotopic (exact) mass is 270 g/mol. The smallest absolute Gasteiger partial charge is 0.237 e. The Bertz CT molecular complexity index is 273. The molecule has 0 heterocycles. The molecule has 1 aliphatic rings. The Morgan fingerprint density at radius 1 is 1.42 bits per heavy atom. The van der Waals surface area contributed by atoms with Crippen molar-refractivity contribution in [3.63, 3.8) is 0 Å². The van der Waals surface area contributed by atoms with Crippen LogP contribution < -0.4 is 11.1 Å². The lowest BCUT2D eigenvalue weighted by molar-refractivity contribution is -0.124. The van der Waals surface area contributed by atoms with Gasteiger partial charge >= 0.3 is 0 Å². The Morgan fingerprint density at radius 2 is 2.05 bits per heavy atom. The van der Waals surface area contributed by atoms with Crippen molar-refractivity contribution in [3.8, 4) is 0 Å². The first-order chi connectivity index (χ1) is 9.00. The van der Waals surface area contributed by atoms with E-state index in [2.05, 4.69) is 19.2 Å². The summed E-state index contributed by atoms with van der Waals surface area (Å²) >= 11 is 0. The minimum absolute atomic E-state index is 0.125. The number of carbonyl (C=O) groups excluding carboxylic acids is 1. The molecule has 0 aromatic carbocycles. The summed E-state index contributed by atoms with van der Waals surface area (Å²) in [6.45, 7) is 4.63. The van der Waals surface area contributed by atoms with Crippen LogP contribution in [0.5, 0.6) is 0 Å². The Morgan fingerprint density at radius 3 is 2.58 bits per heavy atom. The normalized spacial score (nSPS) is 28.9. The van der Waals surface area contributed by atoms with Gasteiger partial charge in [-0.15, -0.1) is 0 Å². The molecule has 0 unspecified atom stereocenters. The lowest BCUT2D eigenvalue weighted by atomic mass is 9.78. The van der Waals surface area contributed by atoms with Crippen LogP contribution in [0.15, 0.2) is 0 Å². The first kappa shape index (κ1) is 16.4. The maximum Gasteiger partial charge on any atom is 0.237 e. The first-order valence-corrected chi connectivity index (χ1v) is 7.76. The summed E-state index contributed by atoms with van der Waals surface area (Å²) in [6.07, 6.45) is 7.62. The van der Waals surface area contributed by atoms with E-state index in [0.717, 1.165) is 50.9 Å². The van der Waals surface area contributed by atoms with E-state index in [1.807, 2.05) is 0 Å². The average Bonchev–Trinajstić information content (AvgIpc) is 2.43. The van der Waals surface area contributed by atoms with E-state index in [4.69, 9.17) is 5.73 Å². The van der Waals surface area contributed by atoms with Crippen LogP contribution in [0.4, 0.5) is 0 Å². The highest BCUT2D eigenvalue weighted by Crippen LogP contribution is 2.33. The van der Waals surface area contributed by atoms with Crippen LogP contribution in [-0.2, 0) is 4.79 Å². The molecular formula is C15H30N2O2. The van der Waals surface area contributed by atoms with E-state index < -0.39 is 11.6 Å². The molecule has 0 spiro atoms. The number of rotatable bonds is 7. The van der Waals surface area contributed by atoms with E-state index in [-0.39, 0.29) is 5.91 Å². The molecule has 0 aromatic heterocycles. The van der Waals surface area contributed by atoms with Crippen LogP contribution in [0.1, 0.15) is 65.2 Å². The summed E-state index contributed by atoms with van der Waals surface area (Å²) < 4.78 is 0. The number of hydrogen-bond acceptors (Lipinski definition) is 3. The highest BCUT2D eigenvalue weighted by molar-refractivity contribution is 5.81. The molecule has 19 heavy (non-hydrogen) atoms. The number of carbonyl (C=O) groups is 1. The zero-order chi connectivity index (χ0) is 14.3. The third-order valence-corrected chi connectivity index (χ3v) is 4.41. The van der Waals surface area contributed by atoms with Gasteiger partial charge in [0.1, 0.15) is 0 Å². The van der Waals surface area contributed by atoms with E-state index >= 15 is 0 Å².